The highest BCUT2D eigenvalue weighted by atomic mass is 16.6. The van der Waals surface area contributed by atoms with Gasteiger partial charge in [0.1, 0.15) is 5.60 Å². The second-order valence-corrected chi connectivity index (χ2v) is 6.52. The first kappa shape index (κ1) is 16.2. The van der Waals surface area contributed by atoms with E-state index in [1.807, 2.05) is 25.7 Å². The standard InChI is InChI=1S/C14H29N3O2/c1-14(2,3)19-13(18)17-9-6-7-12(11-17)15-8-10-16(4)5/h12,15H,6-11H2,1-5H3. The zero-order chi connectivity index (χ0) is 14.5. The highest BCUT2D eigenvalue weighted by molar-refractivity contribution is 5.68. The molecule has 1 saturated heterocycles. The fourth-order valence-electron chi connectivity index (χ4n) is 2.13. The predicted molar refractivity (Wildman–Crippen MR) is 77.4 cm³/mol. The van der Waals surface area contributed by atoms with Gasteiger partial charge in [-0.15, -0.1) is 0 Å². The van der Waals surface area contributed by atoms with E-state index in [9.17, 15) is 4.79 Å². The van der Waals surface area contributed by atoms with Gasteiger partial charge in [0.15, 0.2) is 0 Å². The third-order valence-electron chi connectivity index (χ3n) is 3.07. The minimum Gasteiger partial charge on any atom is -0.444 e. The molecule has 1 rings (SSSR count). The Morgan fingerprint density at radius 2 is 2.11 bits per heavy atom. The van der Waals surface area contributed by atoms with Gasteiger partial charge < -0.3 is 19.9 Å². The van der Waals surface area contributed by atoms with Crippen LogP contribution in [0.2, 0.25) is 0 Å². The Kier molecular flexibility index (Phi) is 6.07. The second kappa shape index (κ2) is 7.10. The number of nitrogens with zero attached hydrogens (tertiary/aromatic N) is 2. The van der Waals surface area contributed by atoms with Crippen LogP contribution in [0.3, 0.4) is 0 Å². The molecule has 1 atom stereocenters. The summed E-state index contributed by atoms with van der Waals surface area (Å²) in [5.41, 5.74) is -0.414. The fraction of sp³-hybridized carbons (Fsp3) is 0.929. The van der Waals surface area contributed by atoms with Crippen LogP contribution in [0.4, 0.5) is 4.79 Å². The van der Waals surface area contributed by atoms with Crippen LogP contribution in [-0.4, -0.2) is 67.8 Å². The van der Waals surface area contributed by atoms with Gasteiger partial charge in [-0.1, -0.05) is 0 Å². The van der Waals surface area contributed by atoms with Crippen LogP contribution in [0.15, 0.2) is 0 Å². The summed E-state index contributed by atoms with van der Waals surface area (Å²) in [7, 11) is 4.13. The first-order valence-corrected chi connectivity index (χ1v) is 7.14. The van der Waals surface area contributed by atoms with Crippen molar-refractivity contribution >= 4 is 6.09 Å². The van der Waals surface area contributed by atoms with Gasteiger partial charge in [0.2, 0.25) is 0 Å². The van der Waals surface area contributed by atoms with Gasteiger partial charge in [-0.05, 0) is 47.7 Å². The molecule has 1 aliphatic heterocycles. The number of nitrogens with one attached hydrogen (secondary N) is 1. The van der Waals surface area contributed by atoms with Gasteiger partial charge in [0.25, 0.3) is 0 Å². The zero-order valence-corrected chi connectivity index (χ0v) is 13.0. The van der Waals surface area contributed by atoms with Gasteiger partial charge in [-0.2, -0.15) is 0 Å². The minimum absolute atomic E-state index is 0.188. The number of hydrogen-bond donors (Lipinski definition) is 1. The largest absolute Gasteiger partial charge is 0.444 e. The highest BCUT2D eigenvalue weighted by Gasteiger charge is 2.27. The van der Waals surface area contributed by atoms with Crippen LogP contribution in [0, 0.1) is 0 Å². The number of hydrogen-bond acceptors (Lipinski definition) is 4. The molecule has 1 N–H and O–H groups in total. The molecule has 0 radical (unpaired) electrons. The lowest BCUT2D eigenvalue weighted by Crippen LogP contribution is -2.50. The molecule has 1 fully saturated rings. The monoisotopic (exact) mass is 271 g/mol. The van der Waals surface area contributed by atoms with Gasteiger partial charge in [0.05, 0.1) is 0 Å². The van der Waals surface area contributed by atoms with Crippen LogP contribution in [0.25, 0.3) is 0 Å². The van der Waals surface area contributed by atoms with Gasteiger partial charge in [0, 0.05) is 32.2 Å². The van der Waals surface area contributed by atoms with Gasteiger partial charge in [-0.25, -0.2) is 4.79 Å². The van der Waals surface area contributed by atoms with Crippen molar-refractivity contribution in [1.82, 2.24) is 15.1 Å². The van der Waals surface area contributed by atoms with E-state index in [1.54, 1.807) is 0 Å². The zero-order valence-electron chi connectivity index (χ0n) is 13.0. The number of likely N-dealkylation sites (N-methyl/N-ethyl adjacent to an activating group) is 1. The first-order valence-electron chi connectivity index (χ1n) is 7.14. The molecular weight excluding hydrogens is 242 g/mol. The number of likely N-dealkylation sites (tertiary alicyclic amines) is 1. The Hall–Kier alpha value is -0.810. The van der Waals surface area contributed by atoms with Crippen LogP contribution >= 0.6 is 0 Å². The molecule has 1 amide bonds. The Morgan fingerprint density at radius 3 is 2.68 bits per heavy atom. The Labute approximate surface area is 117 Å². The van der Waals surface area contributed by atoms with Crippen LogP contribution < -0.4 is 5.32 Å². The Morgan fingerprint density at radius 1 is 1.42 bits per heavy atom. The maximum atomic E-state index is 12.0. The van der Waals surface area contributed by atoms with E-state index in [2.05, 4.69) is 24.3 Å². The molecule has 0 bridgehead atoms. The number of carbonyl (C=O) groups excluding carboxylic acids is 1. The molecular formula is C14H29N3O2. The smallest absolute Gasteiger partial charge is 0.410 e. The van der Waals surface area contributed by atoms with Crippen molar-refractivity contribution in [2.75, 3.05) is 40.3 Å². The fourth-order valence-corrected chi connectivity index (χ4v) is 2.13. The third-order valence-corrected chi connectivity index (χ3v) is 3.07. The molecule has 0 aromatic rings. The SMILES string of the molecule is CN(C)CCNC1CCCN(C(=O)OC(C)(C)C)C1. The normalized spacial score (nSPS) is 20.7. The van der Waals surface area contributed by atoms with E-state index in [1.165, 1.54) is 0 Å². The topological polar surface area (TPSA) is 44.8 Å². The van der Waals surface area contributed by atoms with Crippen molar-refractivity contribution in [3.05, 3.63) is 0 Å². The van der Waals surface area contributed by atoms with E-state index in [4.69, 9.17) is 4.74 Å². The highest BCUT2D eigenvalue weighted by Crippen LogP contribution is 2.15. The third kappa shape index (κ3) is 6.78. The van der Waals surface area contributed by atoms with Crippen molar-refractivity contribution in [1.29, 1.82) is 0 Å². The molecule has 1 heterocycles. The molecule has 0 saturated carbocycles. The maximum absolute atomic E-state index is 12.0. The molecule has 0 spiro atoms. The quantitative estimate of drug-likeness (QED) is 0.842. The average Bonchev–Trinajstić information content (AvgIpc) is 2.26. The van der Waals surface area contributed by atoms with Crippen LogP contribution in [0.1, 0.15) is 33.6 Å². The Balaban J connectivity index is 2.35. The van der Waals surface area contributed by atoms with Crippen molar-refractivity contribution in [2.45, 2.75) is 45.3 Å². The lowest BCUT2D eigenvalue weighted by atomic mass is 10.1. The molecule has 5 nitrogen and oxygen atoms in total. The molecule has 0 aliphatic carbocycles. The summed E-state index contributed by atoms with van der Waals surface area (Å²) in [5, 5.41) is 3.51. The van der Waals surface area contributed by atoms with Crippen molar-refractivity contribution in [2.24, 2.45) is 0 Å². The van der Waals surface area contributed by atoms with E-state index in [0.29, 0.717) is 6.04 Å². The maximum Gasteiger partial charge on any atom is 0.410 e. The average molecular weight is 271 g/mol. The molecule has 1 unspecified atom stereocenters. The lowest BCUT2D eigenvalue weighted by molar-refractivity contribution is 0.0187. The summed E-state index contributed by atoms with van der Waals surface area (Å²) >= 11 is 0. The Bertz CT molecular complexity index is 287. The molecule has 19 heavy (non-hydrogen) atoms. The lowest BCUT2D eigenvalue weighted by Gasteiger charge is -2.34. The summed E-state index contributed by atoms with van der Waals surface area (Å²) in [6.45, 7) is 9.25. The summed E-state index contributed by atoms with van der Waals surface area (Å²) < 4.78 is 5.42. The first-order chi connectivity index (χ1) is 8.78. The summed E-state index contributed by atoms with van der Waals surface area (Å²) in [4.78, 5) is 16.0. The van der Waals surface area contributed by atoms with Crippen LogP contribution in [0.5, 0.6) is 0 Å². The minimum atomic E-state index is -0.414. The molecule has 0 aromatic carbocycles. The van der Waals surface area contributed by atoms with Crippen molar-refractivity contribution < 1.29 is 9.53 Å². The molecule has 0 aromatic heterocycles. The summed E-state index contributed by atoms with van der Waals surface area (Å²) in [6.07, 6.45) is 1.98. The number of rotatable bonds is 4. The summed E-state index contributed by atoms with van der Waals surface area (Å²) in [6, 6.07) is 0.390. The molecule has 112 valence electrons. The van der Waals surface area contributed by atoms with E-state index in [0.717, 1.165) is 39.0 Å². The van der Waals surface area contributed by atoms with E-state index < -0.39 is 5.60 Å². The number of ether oxygens (including phenoxy) is 1. The van der Waals surface area contributed by atoms with Gasteiger partial charge >= 0.3 is 6.09 Å². The van der Waals surface area contributed by atoms with Gasteiger partial charge in [-0.3, -0.25) is 0 Å². The molecule has 1 aliphatic rings. The second-order valence-electron chi connectivity index (χ2n) is 6.52. The van der Waals surface area contributed by atoms with Crippen molar-refractivity contribution in [3.8, 4) is 0 Å². The number of carbonyl (C=O) groups is 1. The number of piperidine rings is 1. The predicted octanol–water partition coefficient (Wildman–Crippen LogP) is 1.54. The number of amides is 1. The van der Waals surface area contributed by atoms with E-state index >= 15 is 0 Å². The summed E-state index contributed by atoms with van der Waals surface area (Å²) in [5.74, 6) is 0. The van der Waals surface area contributed by atoms with Crippen LogP contribution in [-0.2, 0) is 4.74 Å². The molecule has 5 heteroatoms. The van der Waals surface area contributed by atoms with Crippen molar-refractivity contribution in [3.63, 3.8) is 0 Å². The van der Waals surface area contributed by atoms with E-state index in [-0.39, 0.29) is 6.09 Å².